The van der Waals surface area contributed by atoms with Crippen molar-refractivity contribution in [2.24, 2.45) is 23.7 Å². The van der Waals surface area contributed by atoms with E-state index in [1.807, 2.05) is 0 Å². The first-order valence-electron chi connectivity index (χ1n) is 6.68. The first-order valence-corrected chi connectivity index (χ1v) is 8.26. The van der Waals surface area contributed by atoms with Crippen LogP contribution in [0, 0.1) is 23.7 Å². The molecule has 5 heteroatoms. The van der Waals surface area contributed by atoms with Crippen LogP contribution in [0.25, 0.3) is 0 Å². The van der Waals surface area contributed by atoms with Crippen molar-refractivity contribution < 1.29 is 13.0 Å². The lowest BCUT2D eigenvalue weighted by atomic mass is 9.54. The van der Waals surface area contributed by atoms with E-state index in [1.54, 1.807) is 0 Å². The molecule has 0 aromatic carbocycles. The van der Waals surface area contributed by atoms with E-state index in [1.165, 1.54) is 32.1 Å². The van der Waals surface area contributed by atoms with Crippen molar-refractivity contribution in [3.8, 4) is 0 Å². The van der Waals surface area contributed by atoms with Crippen molar-refractivity contribution in [1.29, 1.82) is 0 Å². The number of hydrogen-bond donors (Lipinski definition) is 1. The monoisotopic (exact) mass is 258 g/mol. The maximum atomic E-state index is 10.6. The van der Waals surface area contributed by atoms with Gasteiger partial charge in [-0.2, -0.15) is 0 Å². The molecule has 0 amide bonds. The third-order valence-electron chi connectivity index (χ3n) is 4.96. The second-order valence-corrected chi connectivity index (χ2v) is 7.70. The van der Waals surface area contributed by atoms with E-state index in [4.69, 9.17) is 0 Å². The first kappa shape index (κ1) is 11.9. The van der Waals surface area contributed by atoms with E-state index in [0.29, 0.717) is 12.6 Å². The predicted molar refractivity (Wildman–Crippen MR) is 63.4 cm³/mol. The van der Waals surface area contributed by atoms with Crippen LogP contribution in [0.3, 0.4) is 0 Å². The first-order chi connectivity index (χ1) is 8.01. The van der Waals surface area contributed by atoms with Gasteiger partial charge in [-0.25, -0.2) is 8.42 Å². The highest BCUT2D eigenvalue weighted by molar-refractivity contribution is 7.85. The Balaban J connectivity index is 1.57. The van der Waals surface area contributed by atoms with Gasteiger partial charge in [0.1, 0.15) is 0 Å². The normalized spacial score (nSPS) is 44.2. The minimum Gasteiger partial charge on any atom is -0.748 e. The Labute approximate surface area is 103 Å². The van der Waals surface area contributed by atoms with Gasteiger partial charge in [0, 0.05) is 12.6 Å². The van der Waals surface area contributed by atoms with Gasteiger partial charge in [0.05, 0.1) is 15.9 Å². The van der Waals surface area contributed by atoms with Gasteiger partial charge in [-0.15, -0.1) is 0 Å². The Hall–Kier alpha value is -0.130. The van der Waals surface area contributed by atoms with Crippen LogP contribution in [-0.2, 0) is 10.1 Å². The van der Waals surface area contributed by atoms with Gasteiger partial charge in [-0.05, 0) is 55.8 Å². The SMILES string of the molecule is O=S(=O)([O-])CCNC1C2CC3CC(C2)CC1C3. The summed E-state index contributed by atoms with van der Waals surface area (Å²) in [5.74, 6) is 3.06. The van der Waals surface area contributed by atoms with Gasteiger partial charge in [-0.1, -0.05) is 0 Å². The maximum absolute atomic E-state index is 10.6. The molecule has 0 spiro atoms. The molecule has 4 aliphatic carbocycles. The van der Waals surface area contributed by atoms with Crippen molar-refractivity contribution in [3.63, 3.8) is 0 Å². The summed E-state index contributed by atoms with van der Waals surface area (Å²) in [6.45, 7) is 0.332. The molecule has 0 aromatic rings. The summed E-state index contributed by atoms with van der Waals surface area (Å²) in [7, 11) is -4.06. The molecule has 4 bridgehead atoms. The van der Waals surface area contributed by atoms with Gasteiger partial charge in [0.15, 0.2) is 0 Å². The molecule has 17 heavy (non-hydrogen) atoms. The second kappa shape index (κ2) is 4.21. The standard InChI is InChI=1S/C12H21NO3S/c14-17(15,16)2-1-13-12-10-4-8-3-9(6-10)7-11(12)5-8/h8-13H,1-7H2,(H,14,15,16)/p-1. The van der Waals surface area contributed by atoms with Gasteiger partial charge >= 0.3 is 0 Å². The Bertz CT molecular complexity index is 365. The third kappa shape index (κ3) is 2.51. The number of rotatable bonds is 4. The van der Waals surface area contributed by atoms with E-state index < -0.39 is 10.1 Å². The van der Waals surface area contributed by atoms with Gasteiger partial charge in [-0.3, -0.25) is 0 Å². The fourth-order valence-corrected chi connectivity index (χ4v) is 4.98. The molecule has 0 heterocycles. The molecule has 4 fully saturated rings. The zero-order chi connectivity index (χ0) is 12.0. The van der Waals surface area contributed by atoms with Crippen LogP contribution >= 0.6 is 0 Å². The molecule has 0 aliphatic heterocycles. The maximum Gasteiger partial charge on any atom is 0.0958 e. The van der Waals surface area contributed by atoms with E-state index in [9.17, 15) is 13.0 Å². The Kier molecular flexibility index (Phi) is 2.96. The summed E-state index contributed by atoms with van der Waals surface area (Å²) in [4.78, 5) is 0. The van der Waals surface area contributed by atoms with Crippen LogP contribution < -0.4 is 5.32 Å². The van der Waals surface area contributed by atoms with Gasteiger partial charge in [0.25, 0.3) is 0 Å². The lowest BCUT2D eigenvalue weighted by Crippen LogP contribution is -2.55. The average molecular weight is 258 g/mol. The molecule has 4 nitrogen and oxygen atoms in total. The quantitative estimate of drug-likeness (QED) is 0.762. The lowest BCUT2D eigenvalue weighted by Gasteiger charge is -2.54. The smallest absolute Gasteiger partial charge is 0.0958 e. The van der Waals surface area contributed by atoms with E-state index in [-0.39, 0.29) is 5.75 Å². The minimum atomic E-state index is -4.06. The zero-order valence-corrected chi connectivity index (χ0v) is 10.8. The molecule has 1 N–H and O–H groups in total. The summed E-state index contributed by atoms with van der Waals surface area (Å²) in [5, 5.41) is 3.34. The Morgan fingerprint density at radius 3 is 2.00 bits per heavy atom. The van der Waals surface area contributed by atoms with Crippen LogP contribution in [0.4, 0.5) is 0 Å². The van der Waals surface area contributed by atoms with Crippen LogP contribution in [0.1, 0.15) is 32.1 Å². The summed E-state index contributed by atoms with van der Waals surface area (Å²) >= 11 is 0. The predicted octanol–water partition coefficient (Wildman–Crippen LogP) is 0.946. The van der Waals surface area contributed by atoms with Gasteiger partial charge < -0.3 is 9.87 Å². The van der Waals surface area contributed by atoms with Crippen molar-refractivity contribution in [2.75, 3.05) is 12.3 Å². The van der Waals surface area contributed by atoms with E-state index in [2.05, 4.69) is 5.32 Å². The van der Waals surface area contributed by atoms with Crippen LogP contribution in [-0.4, -0.2) is 31.3 Å². The molecule has 98 valence electrons. The molecular weight excluding hydrogens is 238 g/mol. The summed E-state index contributed by atoms with van der Waals surface area (Å²) < 4.78 is 31.7. The molecule has 4 aliphatic rings. The number of nitrogens with one attached hydrogen (secondary N) is 1. The topological polar surface area (TPSA) is 69.2 Å². The largest absolute Gasteiger partial charge is 0.748 e. The van der Waals surface area contributed by atoms with Gasteiger partial charge in [0.2, 0.25) is 0 Å². The zero-order valence-electron chi connectivity index (χ0n) is 9.97. The summed E-state index contributed by atoms with van der Waals surface area (Å²) in [6.07, 6.45) is 6.68. The Morgan fingerprint density at radius 1 is 1.00 bits per heavy atom. The van der Waals surface area contributed by atoms with E-state index in [0.717, 1.165) is 23.7 Å². The highest BCUT2D eigenvalue weighted by Crippen LogP contribution is 2.53. The van der Waals surface area contributed by atoms with E-state index >= 15 is 0 Å². The van der Waals surface area contributed by atoms with Crippen molar-refractivity contribution in [3.05, 3.63) is 0 Å². The molecular formula is C12H20NO3S-. The Morgan fingerprint density at radius 2 is 1.53 bits per heavy atom. The van der Waals surface area contributed by atoms with Crippen molar-refractivity contribution in [1.82, 2.24) is 5.32 Å². The van der Waals surface area contributed by atoms with Crippen molar-refractivity contribution in [2.45, 2.75) is 38.1 Å². The lowest BCUT2D eigenvalue weighted by molar-refractivity contribution is -0.0129. The molecule has 0 aromatic heterocycles. The highest BCUT2D eigenvalue weighted by atomic mass is 32.2. The van der Waals surface area contributed by atoms with Crippen LogP contribution in [0.5, 0.6) is 0 Å². The fraction of sp³-hybridized carbons (Fsp3) is 1.00. The molecule has 0 atom stereocenters. The van der Waals surface area contributed by atoms with Crippen molar-refractivity contribution >= 4 is 10.1 Å². The van der Waals surface area contributed by atoms with Crippen LogP contribution in [0.15, 0.2) is 0 Å². The molecule has 4 rings (SSSR count). The molecule has 0 saturated heterocycles. The summed E-state index contributed by atoms with van der Waals surface area (Å²) in [6, 6.07) is 0.476. The summed E-state index contributed by atoms with van der Waals surface area (Å²) in [5.41, 5.74) is 0. The molecule has 4 saturated carbocycles. The minimum absolute atomic E-state index is 0.268. The third-order valence-corrected chi connectivity index (χ3v) is 5.66. The molecule has 0 unspecified atom stereocenters. The fourth-order valence-electron chi connectivity index (χ4n) is 4.61. The van der Waals surface area contributed by atoms with Crippen LogP contribution in [0.2, 0.25) is 0 Å². The molecule has 0 radical (unpaired) electrons. The second-order valence-electron chi connectivity index (χ2n) is 6.17. The number of hydrogen-bond acceptors (Lipinski definition) is 4. The highest BCUT2D eigenvalue weighted by Gasteiger charge is 2.47. The average Bonchev–Trinajstić information content (AvgIpc) is 2.19.